The van der Waals surface area contributed by atoms with Gasteiger partial charge >= 0.3 is 0 Å². The quantitative estimate of drug-likeness (QED) is 0.562. The largest absolute Gasteiger partial charge is 0.497 e. The first kappa shape index (κ1) is 14.1. The van der Waals surface area contributed by atoms with E-state index in [0.717, 1.165) is 0 Å². The van der Waals surface area contributed by atoms with Crippen molar-refractivity contribution in [1.82, 2.24) is 15.2 Å². The van der Waals surface area contributed by atoms with E-state index in [1.807, 2.05) is 0 Å². The number of carbonyl (C=O) groups excluding carboxylic acids is 1. The standard InChI is InChI=1S/C13H12N6O2/c1-21-11-4-2-10(3-5-11)18-12(20)9(6-14)7-15-13-16-8-17-19-13/h2-5,7-8H,1H3,(H,18,20)(H2,15,16,17,19)/b9-7-. The second-order valence-corrected chi connectivity index (χ2v) is 3.83. The highest BCUT2D eigenvalue weighted by atomic mass is 16.5. The number of aromatic nitrogens is 3. The van der Waals surface area contributed by atoms with Crippen molar-refractivity contribution < 1.29 is 9.53 Å². The van der Waals surface area contributed by atoms with Crippen molar-refractivity contribution in [1.29, 1.82) is 5.26 Å². The monoisotopic (exact) mass is 284 g/mol. The van der Waals surface area contributed by atoms with Crippen molar-refractivity contribution in [3.8, 4) is 11.8 Å². The molecule has 3 N–H and O–H groups in total. The number of amides is 1. The van der Waals surface area contributed by atoms with E-state index in [4.69, 9.17) is 10.00 Å². The topological polar surface area (TPSA) is 116 Å². The molecule has 0 spiro atoms. The van der Waals surface area contributed by atoms with E-state index < -0.39 is 5.91 Å². The number of H-pyrrole nitrogens is 1. The molecule has 1 aromatic heterocycles. The Morgan fingerprint density at radius 1 is 1.43 bits per heavy atom. The fourth-order valence-electron chi connectivity index (χ4n) is 1.44. The summed E-state index contributed by atoms with van der Waals surface area (Å²) in [5.74, 6) is 0.478. The minimum Gasteiger partial charge on any atom is -0.497 e. The molecule has 0 bridgehead atoms. The van der Waals surface area contributed by atoms with Crippen LogP contribution in [0.4, 0.5) is 11.6 Å². The van der Waals surface area contributed by atoms with Gasteiger partial charge in [0, 0.05) is 11.9 Å². The molecule has 0 unspecified atom stereocenters. The summed E-state index contributed by atoms with van der Waals surface area (Å²) in [6.07, 6.45) is 2.55. The van der Waals surface area contributed by atoms with Gasteiger partial charge in [-0.1, -0.05) is 0 Å². The van der Waals surface area contributed by atoms with E-state index >= 15 is 0 Å². The Bertz CT molecular complexity index is 670. The van der Waals surface area contributed by atoms with Crippen LogP contribution in [0.1, 0.15) is 0 Å². The van der Waals surface area contributed by atoms with Crippen LogP contribution in [0.15, 0.2) is 42.4 Å². The normalized spacial score (nSPS) is 10.6. The average molecular weight is 284 g/mol. The predicted molar refractivity (Wildman–Crippen MR) is 75.3 cm³/mol. The molecule has 106 valence electrons. The Morgan fingerprint density at radius 3 is 2.76 bits per heavy atom. The molecule has 0 saturated carbocycles. The van der Waals surface area contributed by atoms with Crippen LogP contribution in [0.5, 0.6) is 5.75 Å². The molecular formula is C13H12N6O2. The fourth-order valence-corrected chi connectivity index (χ4v) is 1.44. The van der Waals surface area contributed by atoms with E-state index in [0.29, 0.717) is 17.4 Å². The third-order valence-electron chi connectivity index (χ3n) is 2.48. The number of hydrogen-bond acceptors (Lipinski definition) is 6. The predicted octanol–water partition coefficient (Wildman–Crippen LogP) is 1.27. The van der Waals surface area contributed by atoms with Gasteiger partial charge in [0.15, 0.2) is 0 Å². The number of anilines is 2. The zero-order valence-corrected chi connectivity index (χ0v) is 11.1. The number of aromatic amines is 1. The van der Waals surface area contributed by atoms with Crippen LogP contribution < -0.4 is 15.4 Å². The number of methoxy groups -OCH3 is 1. The second-order valence-electron chi connectivity index (χ2n) is 3.83. The maximum Gasteiger partial charge on any atom is 0.267 e. The summed E-state index contributed by atoms with van der Waals surface area (Å²) in [7, 11) is 1.55. The van der Waals surface area contributed by atoms with Crippen LogP contribution in [-0.2, 0) is 4.79 Å². The minimum absolute atomic E-state index is 0.0952. The molecule has 21 heavy (non-hydrogen) atoms. The fraction of sp³-hybridized carbons (Fsp3) is 0.0769. The SMILES string of the molecule is COc1ccc(NC(=O)/C(C#N)=C\Nc2ncn[nH]2)cc1. The number of benzene rings is 1. The molecule has 8 heteroatoms. The number of carbonyl (C=O) groups is 1. The van der Waals surface area contributed by atoms with Crippen molar-refractivity contribution in [3.63, 3.8) is 0 Å². The van der Waals surface area contributed by atoms with Crippen LogP contribution in [0.3, 0.4) is 0 Å². The van der Waals surface area contributed by atoms with E-state index in [-0.39, 0.29) is 5.57 Å². The molecular weight excluding hydrogens is 272 g/mol. The van der Waals surface area contributed by atoms with Gasteiger partial charge in [0.1, 0.15) is 23.7 Å². The van der Waals surface area contributed by atoms with Gasteiger partial charge in [0.2, 0.25) is 5.95 Å². The first-order valence-electron chi connectivity index (χ1n) is 5.90. The molecule has 0 atom stereocenters. The molecule has 8 nitrogen and oxygen atoms in total. The lowest BCUT2D eigenvalue weighted by Gasteiger charge is -2.05. The molecule has 2 aromatic rings. The Morgan fingerprint density at radius 2 is 2.19 bits per heavy atom. The number of ether oxygens (including phenoxy) is 1. The van der Waals surface area contributed by atoms with E-state index in [1.54, 1.807) is 37.4 Å². The molecule has 0 saturated heterocycles. The zero-order chi connectivity index (χ0) is 15.1. The van der Waals surface area contributed by atoms with Crippen molar-refractivity contribution >= 4 is 17.5 Å². The van der Waals surface area contributed by atoms with Crippen LogP contribution in [-0.4, -0.2) is 28.2 Å². The van der Waals surface area contributed by atoms with Crippen LogP contribution in [0, 0.1) is 11.3 Å². The number of rotatable bonds is 5. The van der Waals surface area contributed by atoms with Gasteiger partial charge in [-0.3, -0.25) is 4.79 Å². The molecule has 1 heterocycles. The molecule has 2 rings (SSSR count). The maximum absolute atomic E-state index is 11.9. The molecule has 1 amide bonds. The summed E-state index contributed by atoms with van der Waals surface area (Å²) < 4.78 is 5.02. The first-order chi connectivity index (χ1) is 10.2. The smallest absolute Gasteiger partial charge is 0.267 e. The van der Waals surface area contributed by atoms with Gasteiger partial charge in [0.25, 0.3) is 5.91 Å². The van der Waals surface area contributed by atoms with Gasteiger partial charge in [-0.05, 0) is 24.3 Å². The summed E-state index contributed by atoms with van der Waals surface area (Å²) in [5, 5.41) is 20.4. The van der Waals surface area contributed by atoms with Gasteiger partial charge in [0.05, 0.1) is 7.11 Å². The minimum atomic E-state index is -0.533. The van der Waals surface area contributed by atoms with E-state index in [1.165, 1.54) is 12.5 Å². The van der Waals surface area contributed by atoms with Crippen LogP contribution in [0.25, 0.3) is 0 Å². The highest BCUT2D eigenvalue weighted by Gasteiger charge is 2.09. The Labute approximate surface area is 120 Å². The van der Waals surface area contributed by atoms with Crippen molar-refractivity contribution in [2.45, 2.75) is 0 Å². The highest BCUT2D eigenvalue weighted by Crippen LogP contribution is 2.15. The van der Waals surface area contributed by atoms with Crippen molar-refractivity contribution in [2.75, 3.05) is 17.7 Å². The lowest BCUT2D eigenvalue weighted by molar-refractivity contribution is -0.112. The molecule has 1 aromatic carbocycles. The summed E-state index contributed by atoms with van der Waals surface area (Å²) >= 11 is 0. The van der Waals surface area contributed by atoms with Crippen molar-refractivity contribution in [2.24, 2.45) is 0 Å². The van der Waals surface area contributed by atoms with Crippen LogP contribution >= 0.6 is 0 Å². The van der Waals surface area contributed by atoms with Gasteiger partial charge in [-0.25, -0.2) is 5.10 Å². The first-order valence-corrected chi connectivity index (χ1v) is 5.90. The highest BCUT2D eigenvalue weighted by molar-refractivity contribution is 6.06. The summed E-state index contributed by atoms with van der Waals surface area (Å²) in [4.78, 5) is 15.7. The van der Waals surface area contributed by atoms with Gasteiger partial charge < -0.3 is 15.4 Å². The molecule has 0 aliphatic rings. The Hall–Kier alpha value is -3.34. The number of nitriles is 1. The molecule has 0 radical (unpaired) electrons. The molecule has 0 aliphatic heterocycles. The number of nitrogens with zero attached hydrogens (tertiary/aromatic N) is 3. The van der Waals surface area contributed by atoms with Gasteiger partial charge in [-0.2, -0.15) is 15.3 Å². The maximum atomic E-state index is 11.9. The van der Waals surface area contributed by atoms with E-state index in [2.05, 4.69) is 25.8 Å². The molecule has 0 fully saturated rings. The Kier molecular flexibility index (Phi) is 4.50. The number of nitrogens with one attached hydrogen (secondary N) is 3. The average Bonchev–Trinajstić information content (AvgIpc) is 3.02. The zero-order valence-electron chi connectivity index (χ0n) is 11.1. The second kappa shape index (κ2) is 6.72. The third-order valence-corrected chi connectivity index (χ3v) is 2.48. The number of hydrogen-bond donors (Lipinski definition) is 3. The summed E-state index contributed by atoms with van der Waals surface area (Å²) in [6, 6.07) is 8.57. The van der Waals surface area contributed by atoms with Crippen LogP contribution in [0.2, 0.25) is 0 Å². The van der Waals surface area contributed by atoms with Crippen molar-refractivity contribution in [3.05, 3.63) is 42.4 Å². The lowest BCUT2D eigenvalue weighted by Crippen LogP contribution is -2.14. The summed E-state index contributed by atoms with van der Waals surface area (Å²) in [6.45, 7) is 0. The molecule has 0 aliphatic carbocycles. The lowest BCUT2D eigenvalue weighted by atomic mass is 10.2. The summed E-state index contributed by atoms with van der Waals surface area (Å²) in [5.41, 5.74) is 0.462. The van der Waals surface area contributed by atoms with Gasteiger partial charge in [-0.15, -0.1) is 0 Å². The Balaban J connectivity index is 2.02. The van der Waals surface area contributed by atoms with E-state index in [9.17, 15) is 4.79 Å². The third kappa shape index (κ3) is 3.81.